The predicted octanol–water partition coefficient (Wildman–Crippen LogP) is 4.64. The lowest BCUT2D eigenvalue weighted by Crippen LogP contribution is -2.36. The molecule has 1 aliphatic rings. The van der Waals surface area contributed by atoms with Crippen LogP contribution in [-0.2, 0) is 0 Å². The molecule has 1 aliphatic heterocycles. The van der Waals surface area contributed by atoms with Gasteiger partial charge in [0.1, 0.15) is 0 Å². The van der Waals surface area contributed by atoms with E-state index in [1.807, 2.05) is 11.3 Å². The minimum Gasteiger partial charge on any atom is -0.316 e. The van der Waals surface area contributed by atoms with Gasteiger partial charge >= 0.3 is 0 Å². The van der Waals surface area contributed by atoms with Gasteiger partial charge in [-0.05, 0) is 66.1 Å². The number of nitrogens with one attached hydrogen (secondary N) is 1. The number of rotatable bonds is 3. The minimum absolute atomic E-state index is 0.750. The minimum atomic E-state index is 0.750. The highest BCUT2D eigenvalue weighted by molar-refractivity contribution is 7.17. The number of hydrogen-bond donors (Lipinski definition) is 1. The van der Waals surface area contributed by atoms with E-state index in [0.29, 0.717) is 0 Å². The highest BCUT2D eigenvalue weighted by Gasteiger charge is 2.28. The van der Waals surface area contributed by atoms with E-state index in [2.05, 4.69) is 48.8 Å². The van der Waals surface area contributed by atoms with Gasteiger partial charge in [0.05, 0.1) is 0 Å². The second kappa shape index (κ2) is 5.64. The molecule has 0 radical (unpaired) electrons. The average Bonchev–Trinajstić information content (AvgIpc) is 2.82. The van der Waals surface area contributed by atoms with Crippen LogP contribution in [0.25, 0.3) is 10.1 Å². The van der Waals surface area contributed by atoms with Gasteiger partial charge in [0.25, 0.3) is 0 Å². The second-order valence-corrected chi connectivity index (χ2v) is 7.09. The molecule has 0 saturated carbocycles. The summed E-state index contributed by atoms with van der Waals surface area (Å²) in [4.78, 5) is 0. The highest BCUT2D eigenvalue weighted by Crippen LogP contribution is 2.40. The Hall–Kier alpha value is -0.860. The smallest absolute Gasteiger partial charge is 0.0345 e. The molecule has 2 atom stereocenters. The van der Waals surface area contributed by atoms with E-state index < -0.39 is 0 Å². The molecule has 19 heavy (non-hydrogen) atoms. The molecule has 102 valence electrons. The first-order chi connectivity index (χ1) is 9.25. The molecule has 2 unspecified atom stereocenters. The van der Waals surface area contributed by atoms with E-state index in [4.69, 9.17) is 0 Å². The van der Waals surface area contributed by atoms with Crippen molar-refractivity contribution in [3.8, 4) is 0 Å². The molecule has 1 nitrogen and oxygen atoms in total. The summed E-state index contributed by atoms with van der Waals surface area (Å²) < 4.78 is 1.44. The normalized spacial score (nSPS) is 24.2. The van der Waals surface area contributed by atoms with Gasteiger partial charge < -0.3 is 5.32 Å². The Labute approximate surface area is 120 Å². The van der Waals surface area contributed by atoms with Crippen molar-refractivity contribution in [2.45, 2.75) is 32.6 Å². The number of thiophene rings is 1. The van der Waals surface area contributed by atoms with Crippen LogP contribution in [0, 0.1) is 11.8 Å². The summed E-state index contributed by atoms with van der Waals surface area (Å²) in [5.41, 5.74) is 1.60. The van der Waals surface area contributed by atoms with Crippen LogP contribution in [0.5, 0.6) is 0 Å². The van der Waals surface area contributed by atoms with Crippen molar-refractivity contribution < 1.29 is 0 Å². The molecule has 3 rings (SSSR count). The van der Waals surface area contributed by atoms with Crippen LogP contribution in [0.15, 0.2) is 29.6 Å². The molecule has 1 aromatic carbocycles. The zero-order chi connectivity index (χ0) is 13.2. The molecule has 0 spiro atoms. The molecule has 0 bridgehead atoms. The highest BCUT2D eigenvalue weighted by atomic mass is 32.1. The fraction of sp³-hybridized carbons (Fsp3) is 0.529. The third kappa shape index (κ3) is 2.70. The van der Waals surface area contributed by atoms with Crippen LogP contribution in [0.4, 0.5) is 0 Å². The van der Waals surface area contributed by atoms with E-state index in [9.17, 15) is 0 Å². The molecule has 1 aromatic heterocycles. The Morgan fingerprint density at radius 2 is 2.16 bits per heavy atom. The Kier molecular flexibility index (Phi) is 3.90. The van der Waals surface area contributed by atoms with Crippen molar-refractivity contribution >= 4 is 21.4 Å². The quantitative estimate of drug-likeness (QED) is 0.859. The van der Waals surface area contributed by atoms with Crippen molar-refractivity contribution in [3.05, 3.63) is 35.2 Å². The maximum atomic E-state index is 3.58. The molecular formula is C17H23NS. The van der Waals surface area contributed by atoms with Crippen molar-refractivity contribution in [3.63, 3.8) is 0 Å². The van der Waals surface area contributed by atoms with Crippen molar-refractivity contribution in [1.29, 1.82) is 0 Å². The van der Waals surface area contributed by atoms with E-state index >= 15 is 0 Å². The first kappa shape index (κ1) is 13.1. The van der Waals surface area contributed by atoms with Gasteiger partial charge in [-0.1, -0.05) is 32.0 Å². The summed E-state index contributed by atoms with van der Waals surface area (Å²) in [5, 5.41) is 7.49. The standard InChI is InChI=1S/C17H23NS/c1-12(2)9-13-10-18-8-7-14(13)16-11-19-17-6-4-3-5-15(16)17/h3-6,11-14,18H,7-10H2,1-2H3. The Bertz CT molecular complexity index is 543. The average molecular weight is 273 g/mol. The second-order valence-electron chi connectivity index (χ2n) is 6.18. The lowest BCUT2D eigenvalue weighted by atomic mass is 9.77. The van der Waals surface area contributed by atoms with Crippen LogP contribution < -0.4 is 5.32 Å². The summed E-state index contributed by atoms with van der Waals surface area (Å²) in [6, 6.07) is 8.88. The van der Waals surface area contributed by atoms with E-state index in [0.717, 1.165) is 17.8 Å². The number of hydrogen-bond acceptors (Lipinski definition) is 2. The Balaban J connectivity index is 1.93. The summed E-state index contributed by atoms with van der Waals surface area (Å²) in [6.07, 6.45) is 2.62. The molecular weight excluding hydrogens is 250 g/mol. The monoisotopic (exact) mass is 273 g/mol. The third-order valence-electron chi connectivity index (χ3n) is 4.29. The van der Waals surface area contributed by atoms with Gasteiger partial charge in [-0.3, -0.25) is 0 Å². The fourth-order valence-electron chi connectivity index (χ4n) is 3.47. The molecule has 2 aromatic rings. The molecule has 0 aliphatic carbocycles. The molecule has 0 amide bonds. The largest absolute Gasteiger partial charge is 0.316 e. The predicted molar refractivity (Wildman–Crippen MR) is 85.0 cm³/mol. The van der Waals surface area contributed by atoms with Crippen LogP contribution >= 0.6 is 11.3 Å². The first-order valence-electron chi connectivity index (χ1n) is 7.42. The van der Waals surface area contributed by atoms with Crippen LogP contribution in [0.3, 0.4) is 0 Å². The van der Waals surface area contributed by atoms with Gasteiger partial charge in [-0.2, -0.15) is 0 Å². The summed E-state index contributed by atoms with van der Waals surface area (Å²) in [5.74, 6) is 2.34. The zero-order valence-corrected chi connectivity index (χ0v) is 12.7. The summed E-state index contributed by atoms with van der Waals surface area (Å²) in [6.45, 7) is 7.05. The summed E-state index contributed by atoms with van der Waals surface area (Å²) >= 11 is 1.91. The van der Waals surface area contributed by atoms with E-state index in [1.54, 1.807) is 5.56 Å². The van der Waals surface area contributed by atoms with Gasteiger partial charge in [0.2, 0.25) is 0 Å². The first-order valence-corrected chi connectivity index (χ1v) is 8.30. The van der Waals surface area contributed by atoms with Crippen LogP contribution in [-0.4, -0.2) is 13.1 Å². The fourth-order valence-corrected chi connectivity index (χ4v) is 4.50. The number of benzene rings is 1. The van der Waals surface area contributed by atoms with Crippen LogP contribution in [0.1, 0.15) is 38.2 Å². The number of piperidine rings is 1. The maximum Gasteiger partial charge on any atom is 0.0345 e. The van der Waals surface area contributed by atoms with E-state index in [-0.39, 0.29) is 0 Å². The van der Waals surface area contributed by atoms with Gasteiger partial charge in [-0.25, -0.2) is 0 Å². The zero-order valence-electron chi connectivity index (χ0n) is 11.9. The Morgan fingerprint density at radius 3 is 3.00 bits per heavy atom. The molecule has 2 heterocycles. The van der Waals surface area contributed by atoms with Gasteiger partial charge in [0.15, 0.2) is 0 Å². The topological polar surface area (TPSA) is 12.0 Å². The SMILES string of the molecule is CC(C)CC1CNCCC1c1csc2ccccc12. The maximum absolute atomic E-state index is 3.58. The molecule has 1 saturated heterocycles. The van der Waals surface area contributed by atoms with Gasteiger partial charge in [-0.15, -0.1) is 11.3 Å². The van der Waals surface area contributed by atoms with Crippen LogP contribution in [0.2, 0.25) is 0 Å². The van der Waals surface area contributed by atoms with E-state index in [1.165, 1.54) is 36.0 Å². The molecule has 2 heteroatoms. The van der Waals surface area contributed by atoms with Gasteiger partial charge in [0, 0.05) is 4.70 Å². The molecule has 1 N–H and O–H groups in total. The Morgan fingerprint density at radius 1 is 1.32 bits per heavy atom. The summed E-state index contributed by atoms with van der Waals surface area (Å²) in [7, 11) is 0. The lowest BCUT2D eigenvalue weighted by molar-refractivity contribution is 0.281. The third-order valence-corrected chi connectivity index (χ3v) is 5.27. The van der Waals surface area contributed by atoms with Crippen molar-refractivity contribution in [1.82, 2.24) is 5.32 Å². The van der Waals surface area contributed by atoms with Crippen molar-refractivity contribution in [2.75, 3.05) is 13.1 Å². The lowest BCUT2D eigenvalue weighted by Gasteiger charge is -2.33. The molecule has 1 fully saturated rings. The van der Waals surface area contributed by atoms with Crippen molar-refractivity contribution in [2.24, 2.45) is 11.8 Å². The number of fused-ring (bicyclic) bond motifs is 1.